The van der Waals surface area contributed by atoms with Crippen LogP contribution in [-0.2, 0) is 4.79 Å². The minimum Gasteiger partial charge on any atom is -0.457 e. The van der Waals surface area contributed by atoms with Gasteiger partial charge >= 0.3 is 0 Å². The Bertz CT molecular complexity index is 1100. The zero-order valence-corrected chi connectivity index (χ0v) is 16.6. The van der Waals surface area contributed by atoms with E-state index in [1.54, 1.807) is 30.3 Å². The molecule has 0 aromatic heterocycles. The molecule has 150 valence electrons. The van der Waals surface area contributed by atoms with Crippen LogP contribution in [-0.4, -0.2) is 17.8 Å². The third-order valence-corrected chi connectivity index (χ3v) is 4.86. The van der Waals surface area contributed by atoms with Crippen LogP contribution in [0.3, 0.4) is 0 Å². The van der Waals surface area contributed by atoms with Crippen molar-refractivity contribution in [2.75, 3.05) is 0 Å². The topological polar surface area (TPSA) is 79.8 Å². The molecular formula is C23H18ClN3O3. The van der Waals surface area contributed by atoms with Gasteiger partial charge in [-0.1, -0.05) is 48.0 Å². The van der Waals surface area contributed by atoms with E-state index >= 15 is 0 Å². The van der Waals surface area contributed by atoms with Crippen molar-refractivity contribution in [1.29, 1.82) is 0 Å². The van der Waals surface area contributed by atoms with Crippen molar-refractivity contribution < 1.29 is 14.3 Å². The number of para-hydroxylation sites is 1. The van der Waals surface area contributed by atoms with Gasteiger partial charge < -0.3 is 4.74 Å². The first kappa shape index (κ1) is 19.7. The van der Waals surface area contributed by atoms with Crippen LogP contribution in [0.5, 0.6) is 11.5 Å². The normalized spacial score (nSPS) is 15.7. The van der Waals surface area contributed by atoms with Crippen LogP contribution in [0.4, 0.5) is 0 Å². The smallest absolute Gasteiger partial charge is 0.257 e. The summed E-state index contributed by atoms with van der Waals surface area (Å²) < 4.78 is 5.73. The summed E-state index contributed by atoms with van der Waals surface area (Å²) in [6, 6.07) is 22.8. The summed E-state index contributed by atoms with van der Waals surface area (Å²) in [5.41, 5.74) is 1.15. The first-order valence-electron chi connectivity index (χ1n) is 9.35. The third-order valence-electron chi connectivity index (χ3n) is 4.51. The Morgan fingerprint density at radius 2 is 1.63 bits per heavy atom. The van der Waals surface area contributed by atoms with Gasteiger partial charge in [-0.15, -0.1) is 0 Å². The van der Waals surface area contributed by atoms with Crippen LogP contribution < -0.4 is 15.4 Å². The van der Waals surface area contributed by atoms with Gasteiger partial charge in [-0.2, -0.15) is 0 Å². The van der Waals surface area contributed by atoms with E-state index in [9.17, 15) is 9.59 Å². The zero-order valence-electron chi connectivity index (χ0n) is 15.8. The Hall–Kier alpha value is -3.64. The molecular weight excluding hydrogens is 402 g/mol. The Morgan fingerprint density at radius 3 is 2.37 bits per heavy atom. The van der Waals surface area contributed by atoms with Crippen molar-refractivity contribution in [3.63, 3.8) is 0 Å². The standard InChI is InChI=1S/C23H18ClN3O3/c24-19-9-5-4-8-18(19)20-14-21(28)26-23(25-20)27-22(29)15-10-12-17(13-11-15)30-16-6-2-1-3-7-16/h1-13,20H,14H2,(H2,25,26,27,28,29)/t20-/m1/s1. The van der Waals surface area contributed by atoms with Gasteiger partial charge in [0.05, 0.1) is 12.5 Å². The molecule has 6 nitrogen and oxygen atoms in total. The van der Waals surface area contributed by atoms with Crippen molar-refractivity contribution in [3.8, 4) is 11.5 Å². The maximum atomic E-state index is 12.6. The number of amides is 2. The van der Waals surface area contributed by atoms with Gasteiger partial charge in [0.2, 0.25) is 11.9 Å². The zero-order chi connectivity index (χ0) is 20.9. The second kappa shape index (κ2) is 8.80. The largest absolute Gasteiger partial charge is 0.457 e. The number of nitrogens with zero attached hydrogens (tertiary/aromatic N) is 1. The molecule has 1 heterocycles. The fourth-order valence-electron chi connectivity index (χ4n) is 3.06. The minimum atomic E-state index is -0.454. The molecule has 7 heteroatoms. The average Bonchev–Trinajstić information content (AvgIpc) is 2.75. The monoisotopic (exact) mass is 419 g/mol. The van der Waals surface area contributed by atoms with Crippen LogP contribution >= 0.6 is 11.6 Å². The van der Waals surface area contributed by atoms with Crippen molar-refractivity contribution in [2.45, 2.75) is 12.5 Å². The summed E-state index contributed by atoms with van der Waals surface area (Å²) in [6.07, 6.45) is 0.161. The number of nitrogens with one attached hydrogen (secondary N) is 2. The lowest BCUT2D eigenvalue weighted by Gasteiger charge is -2.22. The summed E-state index contributed by atoms with van der Waals surface area (Å²) in [6.45, 7) is 0. The van der Waals surface area contributed by atoms with Crippen molar-refractivity contribution >= 4 is 29.4 Å². The van der Waals surface area contributed by atoms with Gasteiger partial charge in [-0.3, -0.25) is 20.2 Å². The second-order valence-corrected chi connectivity index (χ2v) is 7.07. The Kier molecular flexibility index (Phi) is 5.77. The molecule has 2 N–H and O–H groups in total. The van der Waals surface area contributed by atoms with Crippen molar-refractivity contribution in [1.82, 2.24) is 10.6 Å². The molecule has 2 amide bonds. The molecule has 0 radical (unpaired) electrons. The molecule has 4 rings (SSSR count). The minimum absolute atomic E-state index is 0.103. The van der Waals surface area contributed by atoms with Gasteiger partial charge in [0.15, 0.2) is 0 Å². The Balaban J connectivity index is 1.46. The van der Waals surface area contributed by atoms with Crippen LogP contribution in [0.25, 0.3) is 0 Å². The third kappa shape index (κ3) is 4.67. The number of guanidine groups is 1. The first-order valence-corrected chi connectivity index (χ1v) is 9.73. The molecule has 1 atom stereocenters. The molecule has 0 fully saturated rings. The summed E-state index contributed by atoms with van der Waals surface area (Å²) in [5, 5.41) is 5.77. The number of ether oxygens (including phenoxy) is 1. The van der Waals surface area contributed by atoms with Gasteiger partial charge in [0.25, 0.3) is 5.91 Å². The summed E-state index contributed by atoms with van der Waals surface area (Å²) in [4.78, 5) is 29.1. The molecule has 0 saturated heterocycles. The van der Waals surface area contributed by atoms with E-state index in [1.807, 2.05) is 48.5 Å². The fourth-order valence-corrected chi connectivity index (χ4v) is 3.32. The molecule has 0 bridgehead atoms. The highest BCUT2D eigenvalue weighted by Crippen LogP contribution is 2.29. The molecule has 0 saturated carbocycles. The Morgan fingerprint density at radius 1 is 0.967 bits per heavy atom. The van der Waals surface area contributed by atoms with Gasteiger partial charge in [0.1, 0.15) is 11.5 Å². The number of aliphatic imine (C=N–C) groups is 1. The number of carbonyl (C=O) groups is 2. The number of benzene rings is 3. The summed E-state index contributed by atoms with van der Waals surface area (Å²) in [5.74, 6) is 0.794. The van der Waals surface area contributed by atoms with Crippen molar-refractivity contribution in [3.05, 3.63) is 95.0 Å². The average molecular weight is 420 g/mol. The summed E-state index contributed by atoms with van der Waals surface area (Å²) >= 11 is 6.23. The molecule has 30 heavy (non-hydrogen) atoms. The van der Waals surface area contributed by atoms with E-state index in [4.69, 9.17) is 16.3 Å². The maximum absolute atomic E-state index is 12.6. The van der Waals surface area contributed by atoms with Gasteiger partial charge in [0, 0.05) is 10.6 Å². The first-order chi connectivity index (χ1) is 14.6. The number of rotatable bonds is 4. The molecule has 3 aromatic rings. The van der Waals surface area contributed by atoms with E-state index in [2.05, 4.69) is 15.6 Å². The maximum Gasteiger partial charge on any atom is 0.257 e. The predicted molar refractivity (Wildman–Crippen MR) is 115 cm³/mol. The number of hydrogen-bond acceptors (Lipinski definition) is 4. The highest BCUT2D eigenvalue weighted by atomic mass is 35.5. The fraction of sp³-hybridized carbons (Fsp3) is 0.0870. The van der Waals surface area contributed by atoms with E-state index in [0.29, 0.717) is 22.1 Å². The molecule has 0 aliphatic carbocycles. The highest BCUT2D eigenvalue weighted by Gasteiger charge is 2.25. The second-order valence-electron chi connectivity index (χ2n) is 6.66. The van der Waals surface area contributed by atoms with Gasteiger partial charge in [-0.05, 0) is 48.0 Å². The SMILES string of the molecule is O=C1C[C@H](c2ccccc2Cl)N=C(NC(=O)c2ccc(Oc3ccccc3)cc2)N1. The van der Waals surface area contributed by atoms with Crippen LogP contribution in [0.1, 0.15) is 28.4 Å². The summed E-state index contributed by atoms with van der Waals surface area (Å²) in [7, 11) is 0. The molecule has 0 unspecified atom stereocenters. The quantitative estimate of drug-likeness (QED) is 0.654. The van der Waals surface area contributed by atoms with Crippen molar-refractivity contribution in [2.24, 2.45) is 4.99 Å². The molecule has 1 aliphatic rings. The number of hydrogen-bond donors (Lipinski definition) is 2. The molecule has 3 aromatic carbocycles. The van der Waals surface area contributed by atoms with Crippen LogP contribution in [0.15, 0.2) is 83.9 Å². The number of halogens is 1. The lowest BCUT2D eigenvalue weighted by molar-refractivity contribution is -0.120. The van der Waals surface area contributed by atoms with Crippen LogP contribution in [0.2, 0.25) is 5.02 Å². The van der Waals surface area contributed by atoms with E-state index < -0.39 is 6.04 Å². The lowest BCUT2D eigenvalue weighted by atomic mass is 10.0. The highest BCUT2D eigenvalue weighted by molar-refractivity contribution is 6.31. The molecule has 0 spiro atoms. The van der Waals surface area contributed by atoms with E-state index in [-0.39, 0.29) is 24.2 Å². The predicted octanol–water partition coefficient (Wildman–Crippen LogP) is 4.48. The van der Waals surface area contributed by atoms with Gasteiger partial charge in [-0.25, -0.2) is 4.99 Å². The van der Waals surface area contributed by atoms with Crippen LogP contribution in [0, 0.1) is 0 Å². The molecule has 1 aliphatic heterocycles. The Labute approximate surface area is 178 Å². The lowest BCUT2D eigenvalue weighted by Crippen LogP contribution is -2.47. The number of carbonyl (C=O) groups excluding carboxylic acids is 2. The van der Waals surface area contributed by atoms with E-state index in [0.717, 1.165) is 5.56 Å². The van der Waals surface area contributed by atoms with E-state index in [1.165, 1.54) is 0 Å².